The second-order valence-electron chi connectivity index (χ2n) is 7.10. The summed E-state index contributed by atoms with van der Waals surface area (Å²) in [5, 5.41) is 34.7. The molecule has 0 unspecified atom stereocenters. The molecule has 0 saturated heterocycles. The number of carbonyl (C=O) groups excluding carboxylic acids is 2. The van der Waals surface area contributed by atoms with Crippen LogP contribution in [0.2, 0.25) is 0 Å². The van der Waals surface area contributed by atoms with E-state index in [2.05, 4.69) is 0 Å². The number of nitriles is 4. The van der Waals surface area contributed by atoms with Gasteiger partial charge in [-0.1, -0.05) is 0 Å². The Bertz CT molecular complexity index is 1070. The maximum atomic E-state index is 12.2. The smallest absolute Gasteiger partial charge is 0.338 e. The third kappa shape index (κ3) is 11.0. The van der Waals surface area contributed by atoms with E-state index in [1.165, 1.54) is 36.4 Å². The van der Waals surface area contributed by atoms with E-state index in [4.69, 9.17) is 30.5 Å². The molecule has 36 heavy (non-hydrogen) atoms. The molecule has 1 aromatic carbocycles. The molecule has 0 radical (unpaired) electrons. The van der Waals surface area contributed by atoms with Gasteiger partial charge in [0.25, 0.3) is 0 Å². The van der Waals surface area contributed by atoms with Gasteiger partial charge in [0, 0.05) is 14.1 Å². The Morgan fingerprint density at radius 3 is 1.36 bits per heavy atom. The van der Waals surface area contributed by atoms with Gasteiger partial charge in [-0.15, -0.1) is 0 Å². The van der Waals surface area contributed by atoms with Gasteiger partial charge in [0.15, 0.2) is 0 Å². The molecular weight excluding hydrogens is 460 g/mol. The summed E-state index contributed by atoms with van der Waals surface area (Å²) in [6.07, 6.45) is 9.16. The molecule has 0 saturated carbocycles. The zero-order chi connectivity index (χ0) is 26.8. The third-order valence-corrected chi connectivity index (χ3v) is 4.40. The Kier molecular flexibility index (Phi) is 13.0. The lowest BCUT2D eigenvalue weighted by molar-refractivity contribution is 0.0472. The Balaban J connectivity index is 2.45. The molecule has 0 bridgehead atoms. The van der Waals surface area contributed by atoms with Crippen molar-refractivity contribution >= 4 is 11.9 Å². The van der Waals surface area contributed by atoms with Gasteiger partial charge < -0.3 is 19.3 Å². The van der Waals surface area contributed by atoms with Gasteiger partial charge in [0.1, 0.15) is 48.6 Å². The summed E-state index contributed by atoms with van der Waals surface area (Å²) in [4.78, 5) is 27.9. The molecule has 0 aliphatic carbocycles. The molecule has 1 aromatic rings. The number of benzene rings is 1. The van der Waals surface area contributed by atoms with E-state index in [9.17, 15) is 9.59 Å². The molecule has 0 heterocycles. The topological polar surface area (TPSA) is 154 Å². The third-order valence-electron chi connectivity index (χ3n) is 4.40. The minimum atomic E-state index is -0.540. The van der Waals surface area contributed by atoms with Crippen LogP contribution < -0.4 is 0 Å². The maximum absolute atomic E-state index is 12.2. The molecule has 0 aliphatic rings. The zero-order valence-corrected chi connectivity index (χ0v) is 19.9. The van der Waals surface area contributed by atoms with E-state index in [1.54, 1.807) is 72.7 Å². The fourth-order valence-corrected chi connectivity index (χ4v) is 2.39. The first-order valence-corrected chi connectivity index (χ1v) is 10.6. The Morgan fingerprint density at radius 2 is 1.06 bits per heavy atom. The predicted octanol–water partition coefficient (Wildman–Crippen LogP) is 2.84. The Labute approximate surface area is 210 Å². The van der Waals surface area contributed by atoms with Crippen LogP contribution in [-0.2, 0) is 9.47 Å². The Hall–Kier alpha value is -5.32. The van der Waals surface area contributed by atoms with Crippen LogP contribution in [0.25, 0.3) is 0 Å². The quantitative estimate of drug-likeness (QED) is 0.246. The van der Waals surface area contributed by atoms with Crippen LogP contribution in [0.5, 0.6) is 0 Å². The lowest BCUT2D eigenvalue weighted by Gasteiger charge is -2.14. The van der Waals surface area contributed by atoms with Crippen molar-refractivity contribution in [1.82, 2.24) is 9.80 Å². The summed E-state index contributed by atoms with van der Waals surface area (Å²) in [5.41, 5.74) is 0.541. The Morgan fingerprint density at radius 1 is 0.722 bits per heavy atom. The SMILES string of the molecule is CN(/C=C/C=C(C#N)C#N)CCOC(=O)c1ccc(C(=O)OCCN(C)/C=C/C=C(C#N)C#N)cc1. The lowest BCUT2D eigenvalue weighted by Crippen LogP contribution is -2.20. The van der Waals surface area contributed by atoms with Crippen LogP contribution in [0.3, 0.4) is 0 Å². The van der Waals surface area contributed by atoms with Crippen LogP contribution >= 0.6 is 0 Å². The van der Waals surface area contributed by atoms with Crippen molar-refractivity contribution in [2.75, 3.05) is 40.4 Å². The van der Waals surface area contributed by atoms with E-state index in [0.29, 0.717) is 13.1 Å². The molecule has 0 N–H and O–H groups in total. The lowest BCUT2D eigenvalue weighted by atomic mass is 10.1. The van der Waals surface area contributed by atoms with Crippen LogP contribution in [0.1, 0.15) is 20.7 Å². The van der Waals surface area contributed by atoms with E-state index in [0.717, 1.165) is 0 Å². The highest BCUT2D eigenvalue weighted by atomic mass is 16.5. The van der Waals surface area contributed by atoms with E-state index in [-0.39, 0.29) is 35.5 Å². The molecule has 10 heteroatoms. The van der Waals surface area contributed by atoms with Crippen LogP contribution in [-0.4, -0.2) is 62.1 Å². The van der Waals surface area contributed by atoms with Crippen molar-refractivity contribution in [2.24, 2.45) is 0 Å². The van der Waals surface area contributed by atoms with Crippen LogP contribution in [0.15, 0.2) is 72.1 Å². The molecule has 10 nitrogen and oxygen atoms in total. The number of carbonyl (C=O) groups is 2. The van der Waals surface area contributed by atoms with Gasteiger partial charge in [-0.05, 0) is 61.0 Å². The average molecular weight is 485 g/mol. The summed E-state index contributed by atoms with van der Waals surface area (Å²) >= 11 is 0. The zero-order valence-electron chi connectivity index (χ0n) is 19.9. The fourth-order valence-electron chi connectivity index (χ4n) is 2.39. The molecule has 0 spiro atoms. The molecular formula is C26H24N6O4. The van der Waals surface area contributed by atoms with Crippen LogP contribution in [0, 0.1) is 45.3 Å². The van der Waals surface area contributed by atoms with Gasteiger partial charge in [-0.3, -0.25) is 0 Å². The molecule has 0 aliphatic heterocycles. The first kappa shape index (κ1) is 28.7. The predicted molar refractivity (Wildman–Crippen MR) is 129 cm³/mol. The van der Waals surface area contributed by atoms with E-state index >= 15 is 0 Å². The summed E-state index contributed by atoms with van der Waals surface area (Å²) < 4.78 is 10.4. The largest absolute Gasteiger partial charge is 0.460 e. The number of ether oxygens (including phenoxy) is 2. The van der Waals surface area contributed by atoms with Gasteiger partial charge in [-0.2, -0.15) is 21.0 Å². The van der Waals surface area contributed by atoms with Crippen molar-refractivity contribution < 1.29 is 19.1 Å². The first-order valence-electron chi connectivity index (χ1n) is 10.6. The monoisotopic (exact) mass is 484 g/mol. The maximum Gasteiger partial charge on any atom is 0.338 e. The molecule has 182 valence electrons. The number of hydrogen-bond acceptors (Lipinski definition) is 10. The minimum Gasteiger partial charge on any atom is -0.460 e. The summed E-state index contributed by atoms with van der Waals surface area (Å²) in [5.74, 6) is -1.08. The summed E-state index contributed by atoms with van der Waals surface area (Å²) in [6, 6.07) is 12.9. The molecule has 0 aromatic heterocycles. The van der Waals surface area contributed by atoms with Crippen molar-refractivity contribution in [1.29, 1.82) is 21.0 Å². The average Bonchev–Trinajstić information content (AvgIpc) is 2.89. The molecule has 0 fully saturated rings. The summed E-state index contributed by atoms with van der Waals surface area (Å²) in [7, 11) is 3.50. The molecule has 1 rings (SSSR count). The van der Waals surface area contributed by atoms with E-state index < -0.39 is 11.9 Å². The molecule has 0 amide bonds. The van der Waals surface area contributed by atoms with Crippen molar-refractivity contribution in [3.05, 3.63) is 83.2 Å². The second kappa shape index (κ2) is 16.3. The first-order chi connectivity index (χ1) is 17.3. The van der Waals surface area contributed by atoms with Crippen molar-refractivity contribution in [3.8, 4) is 24.3 Å². The highest BCUT2D eigenvalue weighted by molar-refractivity contribution is 5.93. The number of nitrogens with zero attached hydrogens (tertiary/aromatic N) is 6. The number of allylic oxidation sites excluding steroid dienone is 6. The van der Waals surface area contributed by atoms with Gasteiger partial charge in [0.2, 0.25) is 0 Å². The van der Waals surface area contributed by atoms with Gasteiger partial charge >= 0.3 is 11.9 Å². The highest BCUT2D eigenvalue weighted by Gasteiger charge is 2.11. The summed E-state index contributed by atoms with van der Waals surface area (Å²) in [6.45, 7) is 1.02. The minimum absolute atomic E-state index is 0.0141. The molecule has 0 atom stereocenters. The van der Waals surface area contributed by atoms with Crippen molar-refractivity contribution in [3.63, 3.8) is 0 Å². The number of esters is 2. The second-order valence-corrected chi connectivity index (χ2v) is 7.10. The number of rotatable bonds is 12. The van der Waals surface area contributed by atoms with Crippen LogP contribution in [0.4, 0.5) is 0 Å². The van der Waals surface area contributed by atoms with Gasteiger partial charge in [0.05, 0.1) is 24.2 Å². The van der Waals surface area contributed by atoms with Gasteiger partial charge in [-0.25, -0.2) is 9.59 Å². The van der Waals surface area contributed by atoms with Crippen molar-refractivity contribution in [2.45, 2.75) is 0 Å². The highest BCUT2D eigenvalue weighted by Crippen LogP contribution is 2.08. The number of hydrogen-bond donors (Lipinski definition) is 0. The van der Waals surface area contributed by atoms with E-state index in [1.807, 2.05) is 0 Å². The standard InChI is InChI=1S/C26H24N6O4/c1-31(11-3-5-21(17-27)18-28)13-15-35-25(33)23-7-9-24(10-8-23)26(34)36-16-14-32(2)12-4-6-22(19-29)20-30/h3-12H,13-16H2,1-2H3/b11-3+,12-4+. The number of likely N-dealkylation sites (N-methyl/N-ethyl adjacent to an activating group) is 2. The normalized spacial score (nSPS) is 9.72. The fraction of sp³-hybridized carbons (Fsp3) is 0.231.